The molecule has 5 heteroatoms. The Hall–Kier alpha value is -2.30. The zero-order valence-corrected chi connectivity index (χ0v) is 12.5. The highest BCUT2D eigenvalue weighted by molar-refractivity contribution is 5.92. The largest absolute Gasteiger partial charge is 0.487 e. The number of benzene rings is 1. The number of ether oxygens (including phenoxy) is 1. The van der Waals surface area contributed by atoms with Crippen molar-refractivity contribution >= 4 is 11.6 Å². The molecule has 2 heterocycles. The van der Waals surface area contributed by atoms with Gasteiger partial charge in [-0.1, -0.05) is 0 Å². The lowest BCUT2D eigenvalue weighted by Crippen LogP contribution is -2.24. The van der Waals surface area contributed by atoms with E-state index < -0.39 is 0 Å². The SMILES string of the molecule is Cn1ccc(CC(=O)Nc2ccc3c(c2)CC(C)(C)O3)n1. The minimum absolute atomic E-state index is 0.0631. The molecule has 0 aliphatic carbocycles. The average Bonchev–Trinajstić information content (AvgIpc) is 2.90. The summed E-state index contributed by atoms with van der Waals surface area (Å²) < 4.78 is 7.52. The van der Waals surface area contributed by atoms with Gasteiger partial charge in [0.05, 0.1) is 12.1 Å². The maximum atomic E-state index is 12.0. The number of aryl methyl sites for hydroxylation is 1. The zero-order chi connectivity index (χ0) is 15.0. The van der Waals surface area contributed by atoms with Gasteiger partial charge >= 0.3 is 0 Å². The molecule has 2 aromatic rings. The van der Waals surface area contributed by atoms with E-state index in [0.29, 0.717) is 0 Å². The monoisotopic (exact) mass is 285 g/mol. The zero-order valence-electron chi connectivity index (χ0n) is 12.5. The molecule has 0 radical (unpaired) electrons. The van der Waals surface area contributed by atoms with Crippen LogP contribution in [-0.2, 0) is 24.7 Å². The molecule has 1 aliphatic rings. The summed E-state index contributed by atoms with van der Waals surface area (Å²) in [5.74, 6) is 0.842. The molecule has 1 aromatic heterocycles. The van der Waals surface area contributed by atoms with Gasteiger partial charge in [0.2, 0.25) is 5.91 Å². The third-order valence-electron chi connectivity index (χ3n) is 3.46. The van der Waals surface area contributed by atoms with Crippen LogP contribution in [0.25, 0.3) is 0 Å². The van der Waals surface area contributed by atoms with Crippen molar-refractivity contribution in [2.45, 2.75) is 32.3 Å². The van der Waals surface area contributed by atoms with Crippen LogP contribution in [0.5, 0.6) is 5.75 Å². The van der Waals surface area contributed by atoms with E-state index in [4.69, 9.17) is 4.74 Å². The number of anilines is 1. The predicted molar refractivity (Wildman–Crippen MR) is 80.4 cm³/mol. The maximum absolute atomic E-state index is 12.0. The maximum Gasteiger partial charge on any atom is 0.230 e. The number of carbonyl (C=O) groups excluding carboxylic acids is 1. The summed E-state index contributed by atoms with van der Waals surface area (Å²) in [5, 5.41) is 7.12. The number of rotatable bonds is 3. The Bertz CT molecular complexity index is 689. The fourth-order valence-corrected chi connectivity index (χ4v) is 2.61. The molecular weight excluding hydrogens is 266 g/mol. The van der Waals surface area contributed by atoms with Gasteiger partial charge in [0.1, 0.15) is 11.4 Å². The van der Waals surface area contributed by atoms with E-state index >= 15 is 0 Å². The van der Waals surface area contributed by atoms with Gasteiger partial charge in [0.25, 0.3) is 0 Å². The van der Waals surface area contributed by atoms with Crippen molar-refractivity contribution in [1.29, 1.82) is 0 Å². The molecule has 5 nitrogen and oxygen atoms in total. The Morgan fingerprint density at radius 2 is 2.24 bits per heavy atom. The van der Waals surface area contributed by atoms with E-state index in [1.165, 1.54) is 0 Å². The van der Waals surface area contributed by atoms with E-state index in [1.807, 2.05) is 37.5 Å². The quantitative estimate of drug-likeness (QED) is 0.941. The minimum Gasteiger partial charge on any atom is -0.487 e. The van der Waals surface area contributed by atoms with Crippen LogP contribution in [0.2, 0.25) is 0 Å². The molecule has 0 atom stereocenters. The van der Waals surface area contributed by atoms with Gasteiger partial charge in [-0.2, -0.15) is 5.10 Å². The summed E-state index contributed by atoms with van der Waals surface area (Å²) in [6.45, 7) is 4.12. The number of nitrogens with zero attached hydrogens (tertiary/aromatic N) is 2. The standard InChI is InChI=1S/C16H19N3O2/c1-16(2)10-11-8-12(4-5-14(11)21-16)17-15(20)9-13-6-7-19(3)18-13/h4-8H,9-10H2,1-3H3,(H,17,20). The molecule has 110 valence electrons. The fourth-order valence-electron chi connectivity index (χ4n) is 2.61. The van der Waals surface area contributed by atoms with Crippen LogP contribution in [0.4, 0.5) is 5.69 Å². The van der Waals surface area contributed by atoms with Gasteiger partial charge in [-0.05, 0) is 38.1 Å². The molecule has 0 fully saturated rings. The van der Waals surface area contributed by atoms with Gasteiger partial charge in [-0.3, -0.25) is 9.48 Å². The Morgan fingerprint density at radius 3 is 2.95 bits per heavy atom. The number of fused-ring (bicyclic) bond motifs is 1. The molecule has 0 saturated carbocycles. The number of carbonyl (C=O) groups is 1. The lowest BCUT2D eigenvalue weighted by molar-refractivity contribution is -0.115. The Labute approximate surface area is 123 Å². The van der Waals surface area contributed by atoms with Crippen molar-refractivity contribution in [2.24, 2.45) is 7.05 Å². The second-order valence-corrected chi connectivity index (χ2v) is 6.07. The smallest absolute Gasteiger partial charge is 0.230 e. The van der Waals surface area contributed by atoms with Crippen LogP contribution in [-0.4, -0.2) is 21.3 Å². The molecular formula is C16H19N3O2. The summed E-state index contributed by atoms with van der Waals surface area (Å²) in [6.07, 6.45) is 2.96. The van der Waals surface area contributed by atoms with Crippen molar-refractivity contribution in [3.63, 3.8) is 0 Å². The van der Waals surface area contributed by atoms with Crippen molar-refractivity contribution in [1.82, 2.24) is 9.78 Å². The average molecular weight is 285 g/mol. The summed E-state index contributed by atoms with van der Waals surface area (Å²) in [6, 6.07) is 7.62. The number of hydrogen-bond donors (Lipinski definition) is 1. The number of aromatic nitrogens is 2. The molecule has 0 bridgehead atoms. The van der Waals surface area contributed by atoms with Crippen molar-refractivity contribution < 1.29 is 9.53 Å². The lowest BCUT2D eigenvalue weighted by Gasteiger charge is -2.16. The first-order valence-electron chi connectivity index (χ1n) is 7.02. The summed E-state index contributed by atoms with van der Waals surface area (Å²) in [7, 11) is 1.84. The van der Waals surface area contributed by atoms with Crippen LogP contribution in [0.1, 0.15) is 25.1 Å². The lowest BCUT2D eigenvalue weighted by atomic mass is 10.0. The highest BCUT2D eigenvalue weighted by atomic mass is 16.5. The Balaban J connectivity index is 1.67. The molecule has 0 saturated heterocycles. The first-order chi connectivity index (χ1) is 9.91. The molecule has 0 unspecified atom stereocenters. The van der Waals surface area contributed by atoms with Crippen LogP contribution in [0.15, 0.2) is 30.5 Å². The van der Waals surface area contributed by atoms with Crippen molar-refractivity contribution in [3.05, 3.63) is 41.7 Å². The second kappa shape index (κ2) is 4.91. The van der Waals surface area contributed by atoms with Crippen LogP contribution < -0.4 is 10.1 Å². The van der Waals surface area contributed by atoms with Gasteiger partial charge in [-0.25, -0.2) is 0 Å². The topological polar surface area (TPSA) is 56.2 Å². The third-order valence-corrected chi connectivity index (χ3v) is 3.46. The molecule has 0 spiro atoms. The van der Waals surface area contributed by atoms with Gasteiger partial charge < -0.3 is 10.1 Å². The fraction of sp³-hybridized carbons (Fsp3) is 0.375. The van der Waals surface area contributed by atoms with E-state index in [0.717, 1.165) is 29.1 Å². The number of amides is 1. The Morgan fingerprint density at radius 1 is 1.43 bits per heavy atom. The van der Waals surface area contributed by atoms with Crippen LogP contribution in [0.3, 0.4) is 0 Å². The van der Waals surface area contributed by atoms with E-state index in [2.05, 4.69) is 24.3 Å². The highest BCUT2D eigenvalue weighted by Gasteiger charge is 2.29. The number of hydrogen-bond acceptors (Lipinski definition) is 3. The first kappa shape index (κ1) is 13.7. The molecule has 1 aromatic carbocycles. The minimum atomic E-state index is -0.168. The van der Waals surface area contributed by atoms with Gasteiger partial charge in [0, 0.05) is 30.9 Å². The van der Waals surface area contributed by atoms with Crippen molar-refractivity contribution in [3.8, 4) is 5.75 Å². The van der Waals surface area contributed by atoms with E-state index in [1.54, 1.807) is 4.68 Å². The molecule has 1 amide bonds. The first-order valence-corrected chi connectivity index (χ1v) is 7.02. The normalized spacial score (nSPS) is 15.4. The predicted octanol–water partition coefficient (Wildman–Crippen LogP) is 2.31. The van der Waals surface area contributed by atoms with Gasteiger partial charge in [-0.15, -0.1) is 0 Å². The highest BCUT2D eigenvalue weighted by Crippen LogP contribution is 2.36. The third kappa shape index (κ3) is 3.07. The molecule has 21 heavy (non-hydrogen) atoms. The summed E-state index contributed by atoms with van der Waals surface area (Å²) in [4.78, 5) is 12.0. The van der Waals surface area contributed by atoms with E-state index in [9.17, 15) is 4.79 Å². The van der Waals surface area contributed by atoms with Crippen LogP contribution >= 0.6 is 0 Å². The molecule has 1 aliphatic heterocycles. The second-order valence-electron chi connectivity index (χ2n) is 6.07. The van der Waals surface area contributed by atoms with Crippen LogP contribution in [0, 0.1) is 0 Å². The molecule has 1 N–H and O–H groups in total. The van der Waals surface area contributed by atoms with E-state index in [-0.39, 0.29) is 17.9 Å². The summed E-state index contributed by atoms with van der Waals surface area (Å²) in [5.41, 5.74) is 2.53. The molecule has 3 rings (SSSR count). The summed E-state index contributed by atoms with van der Waals surface area (Å²) >= 11 is 0. The van der Waals surface area contributed by atoms with Crippen molar-refractivity contribution in [2.75, 3.05) is 5.32 Å². The number of nitrogens with one attached hydrogen (secondary N) is 1. The Kier molecular flexibility index (Phi) is 3.20. The van der Waals surface area contributed by atoms with Gasteiger partial charge in [0.15, 0.2) is 0 Å².